The van der Waals surface area contributed by atoms with Gasteiger partial charge in [-0.05, 0) is 37.7 Å². The molecule has 1 fully saturated rings. The molecular weight excluding hydrogens is 400 g/mol. The van der Waals surface area contributed by atoms with Gasteiger partial charge in [0.2, 0.25) is 0 Å². The van der Waals surface area contributed by atoms with Crippen molar-refractivity contribution in [1.82, 2.24) is 24.4 Å². The highest BCUT2D eigenvalue weighted by molar-refractivity contribution is 7.98. The van der Waals surface area contributed by atoms with Crippen LogP contribution in [0.2, 0.25) is 0 Å². The van der Waals surface area contributed by atoms with Crippen LogP contribution in [0.3, 0.4) is 0 Å². The highest BCUT2D eigenvalue weighted by Gasteiger charge is 2.34. The summed E-state index contributed by atoms with van der Waals surface area (Å²) >= 11 is 1.52. The molecule has 0 unspecified atom stereocenters. The zero-order valence-electron chi connectivity index (χ0n) is 16.7. The Morgan fingerprint density at radius 1 is 1.00 bits per heavy atom. The van der Waals surface area contributed by atoms with Gasteiger partial charge in [0, 0.05) is 26.2 Å². The molecule has 8 nitrogen and oxygen atoms in total. The molecule has 5 rings (SSSR count). The number of aryl methyl sites for hydroxylation is 1. The molecule has 154 valence electrons. The Morgan fingerprint density at radius 3 is 2.37 bits per heavy atom. The molecule has 0 saturated carbocycles. The number of thioether (sulfide) groups is 1. The first-order valence-corrected chi connectivity index (χ1v) is 11.4. The molecule has 0 spiro atoms. The van der Waals surface area contributed by atoms with Crippen LogP contribution in [-0.2, 0) is 6.54 Å². The third-order valence-corrected chi connectivity index (χ3v) is 6.22. The SMILES string of the molecule is CSc1nc(N2CCCC2)c2ncn(CCCN3C(=O)c4ccccc4C3=O)c2n1. The monoisotopic (exact) mass is 422 g/mol. The lowest BCUT2D eigenvalue weighted by Gasteiger charge is -2.17. The summed E-state index contributed by atoms with van der Waals surface area (Å²) in [6.45, 7) is 2.97. The molecule has 30 heavy (non-hydrogen) atoms. The fourth-order valence-electron chi connectivity index (χ4n) is 4.16. The van der Waals surface area contributed by atoms with Gasteiger partial charge in [0.1, 0.15) is 0 Å². The van der Waals surface area contributed by atoms with Crippen molar-refractivity contribution in [3.63, 3.8) is 0 Å². The Hall–Kier alpha value is -2.94. The number of aromatic nitrogens is 4. The van der Waals surface area contributed by atoms with Crippen LogP contribution in [0.1, 0.15) is 40.0 Å². The fraction of sp³-hybridized carbons (Fsp3) is 0.381. The Kier molecular flexibility index (Phi) is 4.90. The Morgan fingerprint density at radius 2 is 1.70 bits per heavy atom. The van der Waals surface area contributed by atoms with Gasteiger partial charge in [0.15, 0.2) is 22.1 Å². The summed E-state index contributed by atoms with van der Waals surface area (Å²) < 4.78 is 1.99. The number of amides is 2. The molecule has 2 aliphatic rings. The van der Waals surface area contributed by atoms with Gasteiger partial charge in [-0.3, -0.25) is 14.5 Å². The summed E-state index contributed by atoms with van der Waals surface area (Å²) in [6.07, 6.45) is 6.72. The molecule has 2 aliphatic heterocycles. The molecule has 0 N–H and O–H groups in total. The van der Waals surface area contributed by atoms with Gasteiger partial charge in [-0.25, -0.2) is 15.0 Å². The number of nitrogens with zero attached hydrogens (tertiary/aromatic N) is 6. The minimum absolute atomic E-state index is 0.214. The smallest absolute Gasteiger partial charge is 0.261 e. The molecular formula is C21H22N6O2S. The van der Waals surface area contributed by atoms with Gasteiger partial charge >= 0.3 is 0 Å². The number of anilines is 1. The van der Waals surface area contributed by atoms with Gasteiger partial charge < -0.3 is 9.47 Å². The van der Waals surface area contributed by atoms with Gasteiger partial charge in [-0.2, -0.15) is 0 Å². The first kappa shape index (κ1) is 19.0. The standard InChI is InChI=1S/C21H22N6O2S/c1-30-21-23-17(25-9-4-5-10-25)16-18(24-21)26(13-22-16)11-6-12-27-19(28)14-7-2-3-8-15(14)20(27)29/h2-3,7-8,13H,4-6,9-12H2,1H3. The topological polar surface area (TPSA) is 84.2 Å². The number of imidazole rings is 1. The zero-order chi connectivity index (χ0) is 20.7. The maximum atomic E-state index is 12.5. The van der Waals surface area contributed by atoms with E-state index in [9.17, 15) is 9.59 Å². The van der Waals surface area contributed by atoms with Gasteiger partial charge in [0.25, 0.3) is 11.8 Å². The van der Waals surface area contributed by atoms with Crippen LogP contribution in [-0.4, -0.2) is 62.1 Å². The summed E-state index contributed by atoms with van der Waals surface area (Å²) in [5.74, 6) is 0.477. The summed E-state index contributed by atoms with van der Waals surface area (Å²) in [6, 6.07) is 6.98. The van der Waals surface area contributed by atoms with Crippen molar-refractivity contribution in [2.75, 3.05) is 30.8 Å². The van der Waals surface area contributed by atoms with E-state index < -0.39 is 0 Å². The molecule has 0 atom stereocenters. The number of carbonyl (C=O) groups excluding carboxylic acids is 2. The maximum absolute atomic E-state index is 12.5. The zero-order valence-corrected chi connectivity index (χ0v) is 17.6. The van der Waals surface area contributed by atoms with Crippen LogP contribution in [0.4, 0.5) is 5.82 Å². The van der Waals surface area contributed by atoms with E-state index in [4.69, 9.17) is 4.98 Å². The molecule has 2 amide bonds. The lowest BCUT2D eigenvalue weighted by atomic mass is 10.1. The van der Waals surface area contributed by atoms with Crippen LogP contribution in [0.25, 0.3) is 11.2 Å². The summed E-state index contributed by atoms with van der Waals surface area (Å²) in [4.78, 5) is 42.7. The fourth-order valence-corrected chi connectivity index (χ4v) is 4.51. The first-order chi connectivity index (χ1) is 14.7. The molecule has 0 bridgehead atoms. The minimum Gasteiger partial charge on any atom is -0.355 e. The van der Waals surface area contributed by atoms with Gasteiger partial charge in [0.05, 0.1) is 17.5 Å². The number of hydrogen-bond donors (Lipinski definition) is 0. The predicted octanol–water partition coefficient (Wildman–Crippen LogP) is 2.83. The second-order valence-electron chi connectivity index (χ2n) is 7.50. The molecule has 4 heterocycles. The maximum Gasteiger partial charge on any atom is 0.261 e. The quantitative estimate of drug-likeness (QED) is 0.343. The average Bonchev–Trinajstić information content (AvgIpc) is 3.50. The van der Waals surface area contributed by atoms with Crippen molar-refractivity contribution in [3.8, 4) is 0 Å². The van der Waals surface area contributed by atoms with Crippen molar-refractivity contribution in [2.24, 2.45) is 0 Å². The molecule has 9 heteroatoms. The van der Waals surface area contributed by atoms with E-state index in [0.717, 1.165) is 35.2 Å². The second-order valence-corrected chi connectivity index (χ2v) is 8.27. The number of fused-ring (bicyclic) bond motifs is 2. The van der Waals surface area contributed by atoms with E-state index in [1.54, 1.807) is 30.6 Å². The summed E-state index contributed by atoms with van der Waals surface area (Å²) in [7, 11) is 0. The van der Waals surface area contributed by atoms with Crippen molar-refractivity contribution in [2.45, 2.75) is 31.0 Å². The molecule has 0 radical (unpaired) electrons. The molecule has 2 aromatic heterocycles. The van der Waals surface area contributed by atoms with Crippen molar-refractivity contribution >= 4 is 40.6 Å². The number of benzene rings is 1. The minimum atomic E-state index is -0.214. The number of rotatable bonds is 6. The van der Waals surface area contributed by atoms with Crippen LogP contribution in [0.15, 0.2) is 35.7 Å². The highest BCUT2D eigenvalue weighted by Crippen LogP contribution is 2.28. The van der Waals surface area contributed by atoms with E-state index in [2.05, 4.69) is 14.9 Å². The molecule has 1 saturated heterocycles. The molecule has 1 aromatic carbocycles. The van der Waals surface area contributed by atoms with Gasteiger partial charge in [-0.1, -0.05) is 23.9 Å². The second kappa shape index (κ2) is 7.71. The Balaban J connectivity index is 1.35. The number of imide groups is 1. The third kappa shape index (κ3) is 3.13. The lowest BCUT2D eigenvalue weighted by molar-refractivity contribution is 0.0651. The summed E-state index contributed by atoms with van der Waals surface area (Å²) in [5, 5.41) is 0.728. The molecule has 0 aliphatic carbocycles. The van der Waals surface area contributed by atoms with Gasteiger partial charge in [-0.15, -0.1) is 0 Å². The lowest BCUT2D eigenvalue weighted by Crippen LogP contribution is -2.31. The van der Waals surface area contributed by atoms with Crippen molar-refractivity contribution in [3.05, 3.63) is 41.7 Å². The van der Waals surface area contributed by atoms with Crippen LogP contribution >= 0.6 is 11.8 Å². The van der Waals surface area contributed by atoms with E-state index in [-0.39, 0.29) is 11.8 Å². The van der Waals surface area contributed by atoms with Crippen LogP contribution < -0.4 is 4.90 Å². The van der Waals surface area contributed by atoms with Crippen molar-refractivity contribution in [1.29, 1.82) is 0 Å². The van der Waals surface area contributed by atoms with E-state index >= 15 is 0 Å². The van der Waals surface area contributed by atoms with Crippen LogP contribution in [0, 0.1) is 0 Å². The highest BCUT2D eigenvalue weighted by atomic mass is 32.2. The van der Waals surface area contributed by atoms with Crippen LogP contribution in [0.5, 0.6) is 0 Å². The van der Waals surface area contributed by atoms with E-state index in [1.807, 2.05) is 10.8 Å². The van der Waals surface area contributed by atoms with Crippen molar-refractivity contribution < 1.29 is 9.59 Å². The first-order valence-electron chi connectivity index (χ1n) is 10.1. The average molecular weight is 423 g/mol. The largest absolute Gasteiger partial charge is 0.355 e. The summed E-state index contributed by atoms with van der Waals surface area (Å²) in [5.41, 5.74) is 2.60. The third-order valence-electron chi connectivity index (χ3n) is 5.67. The molecule has 3 aromatic rings. The van der Waals surface area contributed by atoms with E-state index in [1.165, 1.54) is 29.5 Å². The van der Waals surface area contributed by atoms with E-state index in [0.29, 0.717) is 30.6 Å². The predicted molar refractivity (Wildman–Crippen MR) is 115 cm³/mol. The Labute approximate surface area is 178 Å². The Bertz CT molecular complexity index is 1100. The normalized spacial score (nSPS) is 16.2. The number of hydrogen-bond acceptors (Lipinski definition) is 7. The number of carbonyl (C=O) groups is 2.